The van der Waals surface area contributed by atoms with E-state index in [9.17, 15) is 13.2 Å². The summed E-state index contributed by atoms with van der Waals surface area (Å²) in [7, 11) is -3.30. The number of ketones is 1. The number of nitrogens with one attached hydrogen (secondary N) is 1. The van der Waals surface area contributed by atoms with Crippen molar-refractivity contribution >= 4 is 15.8 Å². The summed E-state index contributed by atoms with van der Waals surface area (Å²) in [6.07, 6.45) is 4.51. The Morgan fingerprint density at radius 3 is 2.27 bits per heavy atom. The van der Waals surface area contributed by atoms with Gasteiger partial charge in [-0.2, -0.15) is 0 Å². The Labute approximate surface area is 91.5 Å². The van der Waals surface area contributed by atoms with Gasteiger partial charge >= 0.3 is 0 Å². The molecule has 1 unspecified atom stereocenters. The van der Waals surface area contributed by atoms with Crippen molar-refractivity contribution in [3.63, 3.8) is 0 Å². The fourth-order valence-electron chi connectivity index (χ4n) is 1.80. The van der Waals surface area contributed by atoms with E-state index < -0.39 is 16.1 Å². The van der Waals surface area contributed by atoms with E-state index in [4.69, 9.17) is 0 Å². The van der Waals surface area contributed by atoms with Crippen molar-refractivity contribution in [2.45, 2.75) is 57.2 Å². The minimum atomic E-state index is -3.30. The van der Waals surface area contributed by atoms with Gasteiger partial charge in [0.2, 0.25) is 10.0 Å². The second-order valence-corrected chi connectivity index (χ2v) is 6.25. The zero-order valence-electron chi connectivity index (χ0n) is 9.32. The summed E-state index contributed by atoms with van der Waals surface area (Å²) < 4.78 is 26.1. The highest BCUT2D eigenvalue weighted by molar-refractivity contribution is 7.90. The van der Waals surface area contributed by atoms with Crippen LogP contribution in [0.4, 0.5) is 0 Å². The van der Waals surface area contributed by atoms with Crippen LogP contribution in [0.2, 0.25) is 0 Å². The molecule has 0 heterocycles. The Morgan fingerprint density at radius 2 is 1.80 bits per heavy atom. The Kier molecular flexibility index (Phi) is 4.28. The van der Waals surface area contributed by atoms with E-state index in [1.54, 1.807) is 6.92 Å². The first kappa shape index (κ1) is 12.6. The zero-order valence-corrected chi connectivity index (χ0v) is 10.1. The van der Waals surface area contributed by atoms with Crippen molar-refractivity contribution in [2.75, 3.05) is 0 Å². The van der Waals surface area contributed by atoms with E-state index >= 15 is 0 Å². The van der Waals surface area contributed by atoms with Crippen LogP contribution in [-0.4, -0.2) is 25.5 Å². The van der Waals surface area contributed by atoms with E-state index in [1.165, 1.54) is 6.92 Å². The third-order valence-corrected chi connectivity index (χ3v) is 4.97. The molecule has 0 aromatic rings. The van der Waals surface area contributed by atoms with Crippen LogP contribution in [-0.2, 0) is 14.8 Å². The number of carbonyl (C=O) groups excluding carboxylic acids is 1. The SMILES string of the molecule is CC(=O)C(C)NS(=O)(=O)C1CCCCC1. The zero-order chi connectivity index (χ0) is 11.5. The number of rotatable bonds is 4. The van der Waals surface area contributed by atoms with E-state index in [1.807, 2.05) is 0 Å². The van der Waals surface area contributed by atoms with Crippen molar-refractivity contribution in [1.82, 2.24) is 4.72 Å². The van der Waals surface area contributed by atoms with Crippen LogP contribution in [0.25, 0.3) is 0 Å². The molecule has 1 saturated carbocycles. The highest BCUT2D eigenvalue weighted by Crippen LogP contribution is 2.23. The molecule has 0 spiro atoms. The van der Waals surface area contributed by atoms with E-state index in [-0.39, 0.29) is 11.0 Å². The van der Waals surface area contributed by atoms with Crippen LogP contribution in [0.3, 0.4) is 0 Å². The first-order chi connectivity index (χ1) is 6.93. The summed E-state index contributed by atoms with van der Waals surface area (Å²) in [5, 5.41) is -0.298. The summed E-state index contributed by atoms with van der Waals surface area (Å²) in [5.41, 5.74) is 0. The van der Waals surface area contributed by atoms with Crippen molar-refractivity contribution in [2.24, 2.45) is 0 Å². The van der Waals surface area contributed by atoms with Gasteiger partial charge in [-0.15, -0.1) is 0 Å². The molecule has 0 aromatic heterocycles. The predicted octanol–water partition coefficient (Wildman–Crippen LogP) is 1.22. The largest absolute Gasteiger partial charge is 0.298 e. The fraction of sp³-hybridized carbons (Fsp3) is 0.900. The highest BCUT2D eigenvalue weighted by Gasteiger charge is 2.29. The van der Waals surface area contributed by atoms with Crippen molar-refractivity contribution in [3.8, 4) is 0 Å². The molecule has 0 radical (unpaired) electrons. The molecule has 88 valence electrons. The standard InChI is InChI=1S/C10H19NO3S/c1-8(9(2)12)11-15(13,14)10-6-4-3-5-7-10/h8,10-11H,3-7H2,1-2H3. The van der Waals surface area contributed by atoms with E-state index in [0.29, 0.717) is 0 Å². The quantitative estimate of drug-likeness (QED) is 0.794. The fourth-order valence-corrected chi connectivity index (χ4v) is 3.61. The summed E-state index contributed by atoms with van der Waals surface area (Å²) >= 11 is 0. The maximum atomic E-state index is 11.8. The number of hydrogen-bond donors (Lipinski definition) is 1. The van der Waals surface area contributed by atoms with Gasteiger partial charge in [-0.1, -0.05) is 19.3 Å². The van der Waals surface area contributed by atoms with Gasteiger partial charge in [-0.25, -0.2) is 13.1 Å². The van der Waals surface area contributed by atoms with Crippen LogP contribution in [0, 0.1) is 0 Å². The molecule has 1 fully saturated rings. The van der Waals surface area contributed by atoms with Crippen LogP contribution < -0.4 is 4.72 Å². The first-order valence-electron chi connectivity index (χ1n) is 5.45. The van der Waals surface area contributed by atoms with Crippen molar-refractivity contribution in [1.29, 1.82) is 0 Å². The van der Waals surface area contributed by atoms with Gasteiger partial charge < -0.3 is 0 Å². The lowest BCUT2D eigenvalue weighted by Crippen LogP contribution is -2.43. The minimum absolute atomic E-state index is 0.144. The predicted molar refractivity (Wildman–Crippen MR) is 59.1 cm³/mol. The van der Waals surface area contributed by atoms with Crippen LogP contribution >= 0.6 is 0 Å². The molecule has 1 aliphatic carbocycles. The molecule has 0 saturated heterocycles. The summed E-state index contributed by atoms with van der Waals surface area (Å²) in [4.78, 5) is 11.0. The Bertz CT molecular complexity index is 318. The summed E-state index contributed by atoms with van der Waals surface area (Å²) in [6.45, 7) is 2.98. The maximum Gasteiger partial charge on any atom is 0.215 e. The van der Waals surface area contributed by atoms with Gasteiger partial charge in [0.25, 0.3) is 0 Å². The van der Waals surface area contributed by atoms with Crippen molar-refractivity contribution in [3.05, 3.63) is 0 Å². The third-order valence-electron chi connectivity index (χ3n) is 2.94. The normalized spacial score (nSPS) is 21.2. The van der Waals surface area contributed by atoms with Crippen LogP contribution in [0.5, 0.6) is 0 Å². The molecule has 4 nitrogen and oxygen atoms in total. The molecule has 1 aliphatic rings. The molecule has 1 N–H and O–H groups in total. The second-order valence-electron chi connectivity index (χ2n) is 4.26. The van der Waals surface area contributed by atoms with Gasteiger partial charge in [-0.05, 0) is 26.7 Å². The summed E-state index contributed by atoms with van der Waals surface area (Å²) in [6, 6.07) is -0.600. The van der Waals surface area contributed by atoms with Gasteiger partial charge in [-0.3, -0.25) is 4.79 Å². The number of carbonyl (C=O) groups is 1. The molecule has 1 rings (SSSR count). The Balaban J connectivity index is 2.61. The van der Waals surface area contributed by atoms with Crippen LogP contribution in [0.15, 0.2) is 0 Å². The molecular formula is C10H19NO3S. The molecule has 15 heavy (non-hydrogen) atoms. The van der Waals surface area contributed by atoms with E-state index in [0.717, 1.165) is 32.1 Å². The lowest BCUT2D eigenvalue weighted by molar-refractivity contribution is -0.118. The lowest BCUT2D eigenvalue weighted by Gasteiger charge is -2.23. The van der Waals surface area contributed by atoms with Gasteiger partial charge in [0.05, 0.1) is 11.3 Å². The minimum Gasteiger partial charge on any atom is -0.298 e. The maximum absolute atomic E-state index is 11.8. The summed E-state index contributed by atoms with van der Waals surface area (Å²) in [5.74, 6) is -0.144. The topological polar surface area (TPSA) is 63.2 Å². The molecule has 5 heteroatoms. The molecule has 0 amide bonds. The molecular weight excluding hydrogens is 214 g/mol. The van der Waals surface area contributed by atoms with Crippen molar-refractivity contribution < 1.29 is 13.2 Å². The van der Waals surface area contributed by atoms with Crippen LogP contribution in [0.1, 0.15) is 46.0 Å². The Hall–Kier alpha value is -0.420. The number of hydrogen-bond acceptors (Lipinski definition) is 3. The average Bonchev–Trinajstić information content (AvgIpc) is 2.18. The lowest BCUT2D eigenvalue weighted by atomic mass is 10.0. The second kappa shape index (κ2) is 5.07. The molecule has 1 atom stereocenters. The molecule has 0 bridgehead atoms. The van der Waals surface area contributed by atoms with E-state index in [2.05, 4.69) is 4.72 Å². The van der Waals surface area contributed by atoms with Gasteiger partial charge in [0.1, 0.15) is 5.78 Å². The third kappa shape index (κ3) is 3.57. The number of sulfonamides is 1. The first-order valence-corrected chi connectivity index (χ1v) is 6.99. The van der Waals surface area contributed by atoms with Gasteiger partial charge in [0.15, 0.2) is 0 Å². The van der Waals surface area contributed by atoms with Gasteiger partial charge in [0, 0.05) is 0 Å². The average molecular weight is 233 g/mol. The molecule has 0 aliphatic heterocycles. The number of Topliss-reactive ketones (excluding diaryl/α,β-unsaturated/α-hetero) is 1. The monoisotopic (exact) mass is 233 g/mol. The smallest absolute Gasteiger partial charge is 0.215 e. The molecule has 0 aromatic carbocycles. The highest BCUT2D eigenvalue weighted by atomic mass is 32.2. The Morgan fingerprint density at radius 1 is 1.27 bits per heavy atom.